The molecule has 0 bridgehead atoms. The molecule has 0 saturated carbocycles. The number of ether oxygens (including phenoxy) is 1. The normalized spacial score (nSPS) is 18.3. The van der Waals surface area contributed by atoms with Crippen LogP contribution in [0, 0.1) is 0 Å². The zero-order valence-corrected chi connectivity index (χ0v) is 24.7. The van der Waals surface area contributed by atoms with Crippen LogP contribution in [0.1, 0.15) is 39.7 Å². The fourth-order valence-electron chi connectivity index (χ4n) is 5.60. The van der Waals surface area contributed by atoms with E-state index in [0.717, 1.165) is 15.9 Å². The average molecular weight is 561 g/mol. The number of carbonyl (C=O) groups excluding carboxylic acids is 2. The fraction of sp³-hybridized carbons (Fsp3) is 0.375. The summed E-state index contributed by atoms with van der Waals surface area (Å²) in [5.41, 5.74) is 0.861. The number of nitrogens with zero attached hydrogens (tertiary/aromatic N) is 1. The molecular formula is C32H40N2O5Si. The summed E-state index contributed by atoms with van der Waals surface area (Å²) in [6.07, 6.45) is -0.424. The Hall–Kier alpha value is -3.46. The maximum absolute atomic E-state index is 13.5. The highest BCUT2D eigenvalue weighted by Gasteiger charge is 2.53. The minimum Gasteiger partial charge on any atom is -0.445 e. The molecule has 1 aliphatic rings. The molecule has 4 rings (SSSR count). The zero-order valence-electron chi connectivity index (χ0n) is 23.7. The molecule has 2 N–H and O–H groups in total. The van der Waals surface area contributed by atoms with E-state index in [1.807, 2.05) is 66.7 Å². The van der Waals surface area contributed by atoms with Crippen LogP contribution < -0.4 is 15.7 Å². The highest BCUT2D eigenvalue weighted by atomic mass is 28.4. The van der Waals surface area contributed by atoms with Gasteiger partial charge in [-0.25, -0.2) is 4.79 Å². The van der Waals surface area contributed by atoms with Crippen molar-refractivity contribution in [1.29, 1.82) is 0 Å². The number of likely N-dealkylation sites (tertiary alicyclic amines) is 1. The van der Waals surface area contributed by atoms with Crippen LogP contribution in [-0.4, -0.2) is 61.7 Å². The summed E-state index contributed by atoms with van der Waals surface area (Å²) in [5, 5.41) is 15.0. The lowest BCUT2D eigenvalue weighted by Crippen LogP contribution is -2.67. The molecule has 1 fully saturated rings. The highest BCUT2D eigenvalue weighted by molar-refractivity contribution is 6.99. The van der Waals surface area contributed by atoms with Gasteiger partial charge in [0.05, 0.1) is 18.8 Å². The zero-order chi connectivity index (χ0) is 28.8. The van der Waals surface area contributed by atoms with Gasteiger partial charge in [0.2, 0.25) is 5.91 Å². The minimum absolute atomic E-state index is 0.116. The summed E-state index contributed by atoms with van der Waals surface area (Å²) in [4.78, 5) is 27.5. The van der Waals surface area contributed by atoms with Gasteiger partial charge in [0.15, 0.2) is 0 Å². The lowest BCUT2D eigenvalue weighted by molar-refractivity contribution is -0.134. The lowest BCUT2D eigenvalue weighted by Gasteiger charge is -2.44. The van der Waals surface area contributed by atoms with Crippen LogP contribution in [0.4, 0.5) is 4.79 Å². The van der Waals surface area contributed by atoms with Gasteiger partial charge in [0, 0.05) is 6.54 Å². The third kappa shape index (κ3) is 6.46. The van der Waals surface area contributed by atoms with Crippen molar-refractivity contribution < 1.29 is 23.9 Å². The molecular weight excluding hydrogens is 520 g/mol. The third-order valence-electron chi connectivity index (χ3n) is 7.55. The van der Waals surface area contributed by atoms with Crippen LogP contribution in [0.2, 0.25) is 5.04 Å². The Labute approximate surface area is 238 Å². The number of aliphatic hydroxyl groups excluding tert-OH is 1. The van der Waals surface area contributed by atoms with Crippen LogP contribution in [0.15, 0.2) is 91.0 Å². The van der Waals surface area contributed by atoms with Crippen LogP contribution in [0.3, 0.4) is 0 Å². The number of alkyl carbamates (subject to hydrolysis) is 1. The van der Waals surface area contributed by atoms with E-state index in [1.54, 1.807) is 11.8 Å². The standard InChI is InChI=1S/C32H40N2O5Si/c1-24(33-31(37)38-23-25-14-8-5-9-15-25)30(36)34-21-27(20-26(34)22-35)39-40(32(2,3)4,28-16-10-6-11-17-28)29-18-12-7-13-19-29/h5-19,24,26-27,35H,20-23H2,1-4H3,(H,33,37). The summed E-state index contributed by atoms with van der Waals surface area (Å²) >= 11 is 0. The molecule has 0 spiro atoms. The quantitative estimate of drug-likeness (QED) is 0.389. The Kier molecular flexibility index (Phi) is 9.45. The molecule has 0 aromatic heterocycles. The van der Waals surface area contributed by atoms with Gasteiger partial charge in [-0.2, -0.15) is 0 Å². The number of aliphatic hydroxyl groups is 1. The minimum atomic E-state index is -2.83. The highest BCUT2D eigenvalue weighted by Crippen LogP contribution is 2.39. The SMILES string of the molecule is CC(NC(=O)OCc1ccccc1)C(=O)N1CC(O[Si](c2ccccc2)(c2ccccc2)C(C)(C)C)CC1CO. The molecule has 212 valence electrons. The van der Waals surface area contributed by atoms with Crippen molar-refractivity contribution in [3.8, 4) is 0 Å². The van der Waals surface area contributed by atoms with Gasteiger partial charge in [-0.05, 0) is 34.3 Å². The van der Waals surface area contributed by atoms with Crippen molar-refractivity contribution in [3.05, 3.63) is 96.6 Å². The van der Waals surface area contributed by atoms with Crippen LogP contribution in [0.5, 0.6) is 0 Å². The molecule has 2 amide bonds. The topological polar surface area (TPSA) is 88.1 Å². The number of amides is 2. The fourth-order valence-corrected chi connectivity index (χ4v) is 10.3. The molecule has 3 aromatic carbocycles. The molecule has 1 heterocycles. The van der Waals surface area contributed by atoms with Crippen molar-refractivity contribution >= 4 is 30.7 Å². The first-order valence-corrected chi connectivity index (χ1v) is 15.7. The number of hydrogen-bond donors (Lipinski definition) is 2. The molecule has 3 aromatic rings. The second-order valence-electron chi connectivity index (χ2n) is 11.4. The molecule has 3 unspecified atom stereocenters. The molecule has 7 nitrogen and oxygen atoms in total. The predicted octanol–water partition coefficient (Wildman–Crippen LogP) is 3.84. The first kappa shape index (κ1) is 29.5. The van der Waals surface area contributed by atoms with E-state index in [2.05, 4.69) is 50.4 Å². The Balaban J connectivity index is 1.51. The van der Waals surface area contributed by atoms with Crippen LogP contribution in [-0.2, 0) is 20.6 Å². The van der Waals surface area contributed by atoms with Gasteiger partial charge in [0.25, 0.3) is 8.32 Å². The number of hydrogen-bond acceptors (Lipinski definition) is 5. The maximum atomic E-state index is 13.5. The second-order valence-corrected chi connectivity index (χ2v) is 15.6. The van der Waals surface area contributed by atoms with Crippen molar-refractivity contribution in [3.63, 3.8) is 0 Å². The van der Waals surface area contributed by atoms with E-state index >= 15 is 0 Å². The van der Waals surface area contributed by atoms with E-state index in [4.69, 9.17) is 9.16 Å². The largest absolute Gasteiger partial charge is 0.445 e. The number of nitrogens with one attached hydrogen (secondary N) is 1. The van der Waals surface area contributed by atoms with E-state index in [1.165, 1.54) is 0 Å². The predicted molar refractivity (Wildman–Crippen MR) is 159 cm³/mol. The Morgan fingerprint density at radius 2 is 1.48 bits per heavy atom. The smallest absolute Gasteiger partial charge is 0.408 e. The van der Waals surface area contributed by atoms with Crippen molar-refractivity contribution in [2.45, 2.75) is 63.9 Å². The molecule has 1 saturated heterocycles. The van der Waals surface area contributed by atoms with Crippen LogP contribution in [0.25, 0.3) is 0 Å². The summed E-state index contributed by atoms with van der Waals surface area (Å²) in [7, 11) is -2.83. The van der Waals surface area contributed by atoms with Gasteiger partial charge >= 0.3 is 6.09 Å². The molecule has 0 aliphatic carbocycles. The van der Waals surface area contributed by atoms with E-state index < -0.39 is 26.5 Å². The van der Waals surface area contributed by atoms with Gasteiger partial charge in [-0.1, -0.05) is 112 Å². The van der Waals surface area contributed by atoms with Crippen molar-refractivity contribution in [1.82, 2.24) is 10.2 Å². The summed E-state index contributed by atoms with van der Waals surface area (Å²) in [6, 6.07) is 28.9. The number of rotatable bonds is 9. The molecule has 8 heteroatoms. The number of benzene rings is 3. The monoisotopic (exact) mass is 560 g/mol. The average Bonchev–Trinajstić information content (AvgIpc) is 3.38. The summed E-state index contributed by atoms with van der Waals surface area (Å²) in [5.74, 6) is -0.274. The molecule has 0 radical (unpaired) electrons. The van der Waals surface area contributed by atoms with E-state index in [-0.39, 0.29) is 30.3 Å². The Morgan fingerprint density at radius 3 is 1.98 bits per heavy atom. The van der Waals surface area contributed by atoms with Gasteiger partial charge in [-0.3, -0.25) is 4.79 Å². The van der Waals surface area contributed by atoms with Crippen LogP contribution >= 0.6 is 0 Å². The number of carbonyl (C=O) groups is 2. The van der Waals surface area contributed by atoms with Gasteiger partial charge < -0.3 is 24.5 Å². The first-order chi connectivity index (χ1) is 19.2. The van der Waals surface area contributed by atoms with E-state index in [9.17, 15) is 14.7 Å². The lowest BCUT2D eigenvalue weighted by atomic mass is 10.2. The Morgan fingerprint density at radius 1 is 0.950 bits per heavy atom. The third-order valence-corrected chi connectivity index (χ3v) is 12.6. The first-order valence-electron chi connectivity index (χ1n) is 13.8. The molecule has 1 aliphatic heterocycles. The van der Waals surface area contributed by atoms with E-state index in [0.29, 0.717) is 13.0 Å². The Bertz CT molecular complexity index is 1210. The maximum Gasteiger partial charge on any atom is 0.408 e. The van der Waals surface area contributed by atoms with Gasteiger partial charge in [0.1, 0.15) is 12.6 Å². The van der Waals surface area contributed by atoms with Crippen molar-refractivity contribution in [2.24, 2.45) is 0 Å². The second kappa shape index (κ2) is 12.8. The van der Waals surface area contributed by atoms with Gasteiger partial charge in [-0.15, -0.1) is 0 Å². The molecule has 3 atom stereocenters. The molecule has 40 heavy (non-hydrogen) atoms. The summed E-state index contributed by atoms with van der Waals surface area (Å²) < 4.78 is 12.5. The summed E-state index contributed by atoms with van der Waals surface area (Å²) in [6.45, 7) is 8.55. The van der Waals surface area contributed by atoms with Crippen molar-refractivity contribution in [2.75, 3.05) is 13.2 Å².